The number of anilines is 1. The van der Waals surface area contributed by atoms with Gasteiger partial charge < -0.3 is 19.5 Å². The molecule has 2 amide bonds. The summed E-state index contributed by atoms with van der Waals surface area (Å²) in [6.07, 6.45) is 3.00. The van der Waals surface area contributed by atoms with Crippen molar-refractivity contribution in [1.82, 2.24) is 5.32 Å². The van der Waals surface area contributed by atoms with E-state index in [0.29, 0.717) is 17.6 Å². The van der Waals surface area contributed by atoms with Crippen molar-refractivity contribution >= 4 is 17.5 Å². The fourth-order valence-electron chi connectivity index (χ4n) is 2.05. The summed E-state index contributed by atoms with van der Waals surface area (Å²) in [6, 6.07) is 7.65. The molecule has 1 aromatic carbocycles. The first-order chi connectivity index (χ1) is 12.0. The monoisotopic (exact) mass is 346 g/mol. The number of halogens is 2. The van der Waals surface area contributed by atoms with Crippen molar-refractivity contribution in [2.24, 2.45) is 0 Å². The van der Waals surface area contributed by atoms with Crippen molar-refractivity contribution in [2.75, 3.05) is 5.32 Å². The standard InChI is InChI=1S/C17H12F2N2O4/c18-11-1-3-14(13(19)7-11)21-17(23)16(22)20-8-12-2-4-15(25-12)10-5-6-24-9-10/h1-7,9H,8H2,(H,20,22)(H,21,23). The first-order valence-electron chi connectivity index (χ1n) is 7.18. The SMILES string of the molecule is O=C(NCc1ccc(-c2ccoc2)o1)C(=O)Nc1ccc(F)cc1F. The van der Waals surface area contributed by atoms with Gasteiger partial charge in [0, 0.05) is 6.07 Å². The van der Waals surface area contributed by atoms with E-state index in [1.165, 1.54) is 12.5 Å². The summed E-state index contributed by atoms with van der Waals surface area (Å²) in [5.74, 6) is -2.85. The molecule has 3 aromatic rings. The van der Waals surface area contributed by atoms with Crippen molar-refractivity contribution < 1.29 is 27.2 Å². The second kappa shape index (κ2) is 7.00. The van der Waals surface area contributed by atoms with Gasteiger partial charge in [-0.1, -0.05) is 0 Å². The molecule has 8 heteroatoms. The number of hydrogen-bond donors (Lipinski definition) is 2. The van der Waals surface area contributed by atoms with Crippen molar-refractivity contribution in [1.29, 1.82) is 0 Å². The molecule has 0 atom stereocenters. The van der Waals surface area contributed by atoms with Gasteiger partial charge in [0.2, 0.25) is 0 Å². The Kier molecular flexibility index (Phi) is 4.60. The predicted octanol–water partition coefficient (Wildman–Crippen LogP) is 3.07. The minimum atomic E-state index is -1.08. The van der Waals surface area contributed by atoms with E-state index in [0.717, 1.165) is 17.7 Å². The molecule has 0 radical (unpaired) electrons. The van der Waals surface area contributed by atoms with Crippen molar-refractivity contribution in [3.05, 3.63) is 66.3 Å². The highest BCUT2D eigenvalue weighted by Crippen LogP contribution is 2.22. The van der Waals surface area contributed by atoms with Gasteiger partial charge in [-0.2, -0.15) is 0 Å². The lowest BCUT2D eigenvalue weighted by Crippen LogP contribution is -2.35. The summed E-state index contributed by atoms with van der Waals surface area (Å²) in [7, 11) is 0. The Morgan fingerprint density at radius 2 is 1.88 bits per heavy atom. The molecule has 0 aliphatic carbocycles. The average molecular weight is 346 g/mol. The Hall–Kier alpha value is -3.42. The van der Waals surface area contributed by atoms with Crippen LogP contribution in [0.4, 0.5) is 14.5 Å². The number of carbonyl (C=O) groups is 2. The molecule has 0 fully saturated rings. The summed E-state index contributed by atoms with van der Waals surface area (Å²) < 4.78 is 36.7. The Morgan fingerprint density at radius 1 is 1.04 bits per heavy atom. The fraction of sp³-hybridized carbons (Fsp3) is 0.0588. The van der Waals surface area contributed by atoms with Crippen LogP contribution in [0.2, 0.25) is 0 Å². The summed E-state index contributed by atoms with van der Waals surface area (Å²) in [6.45, 7) is -0.0317. The Bertz CT molecular complexity index is 903. The van der Waals surface area contributed by atoms with Crippen LogP contribution in [-0.2, 0) is 16.1 Å². The predicted molar refractivity (Wildman–Crippen MR) is 83.2 cm³/mol. The van der Waals surface area contributed by atoms with E-state index in [1.54, 1.807) is 18.2 Å². The van der Waals surface area contributed by atoms with Gasteiger partial charge in [0.1, 0.15) is 29.4 Å². The highest BCUT2D eigenvalue weighted by Gasteiger charge is 2.16. The number of hydrogen-bond acceptors (Lipinski definition) is 4. The summed E-state index contributed by atoms with van der Waals surface area (Å²) >= 11 is 0. The van der Waals surface area contributed by atoms with Crippen LogP contribution in [0.5, 0.6) is 0 Å². The zero-order valence-corrected chi connectivity index (χ0v) is 12.7. The molecule has 0 bridgehead atoms. The van der Waals surface area contributed by atoms with E-state index in [1.807, 2.05) is 0 Å². The van der Waals surface area contributed by atoms with E-state index >= 15 is 0 Å². The van der Waals surface area contributed by atoms with Crippen molar-refractivity contribution in [3.8, 4) is 11.3 Å². The van der Waals surface area contributed by atoms with Gasteiger partial charge in [0.15, 0.2) is 0 Å². The molecule has 0 saturated heterocycles. The van der Waals surface area contributed by atoms with E-state index in [9.17, 15) is 18.4 Å². The molecule has 6 nitrogen and oxygen atoms in total. The lowest BCUT2D eigenvalue weighted by Gasteiger charge is -2.06. The van der Waals surface area contributed by atoms with E-state index in [4.69, 9.17) is 8.83 Å². The normalized spacial score (nSPS) is 10.5. The molecule has 0 aliphatic rings. The van der Waals surface area contributed by atoms with Crippen LogP contribution in [-0.4, -0.2) is 11.8 Å². The number of furan rings is 2. The number of nitrogens with one attached hydrogen (secondary N) is 2. The van der Waals surface area contributed by atoms with Gasteiger partial charge in [-0.05, 0) is 30.3 Å². The lowest BCUT2D eigenvalue weighted by molar-refractivity contribution is -0.136. The molecule has 128 valence electrons. The number of rotatable bonds is 4. The maximum atomic E-state index is 13.5. The van der Waals surface area contributed by atoms with Crippen molar-refractivity contribution in [2.45, 2.75) is 6.54 Å². The van der Waals surface area contributed by atoms with Crippen LogP contribution >= 0.6 is 0 Å². The molecule has 0 saturated carbocycles. The molecule has 0 spiro atoms. The maximum absolute atomic E-state index is 13.5. The molecule has 3 rings (SSSR count). The first-order valence-corrected chi connectivity index (χ1v) is 7.18. The third-order valence-corrected chi connectivity index (χ3v) is 3.28. The minimum Gasteiger partial charge on any atom is -0.472 e. The molecule has 25 heavy (non-hydrogen) atoms. The van der Waals surface area contributed by atoms with E-state index < -0.39 is 23.4 Å². The average Bonchev–Trinajstić information content (AvgIpc) is 3.26. The van der Waals surface area contributed by atoms with Crippen LogP contribution in [0, 0.1) is 11.6 Å². The molecule has 2 N–H and O–H groups in total. The largest absolute Gasteiger partial charge is 0.472 e. The third-order valence-electron chi connectivity index (χ3n) is 3.28. The van der Waals surface area contributed by atoms with E-state index in [-0.39, 0.29) is 12.2 Å². The number of carbonyl (C=O) groups excluding carboxylic acids is 2. The van der Waals surface area contributed by atoms with Gasteiger partial charge in [-0.15, -0.1) is 0 Å². The van der Waals surface area contributed by atoms with Gasteiger partial charge in [0.25, 0.3) is 0 Å². The Balaban J connectivity index is 1.56. The van der Waals surface area contributed by atoms with Crippen LogP contribution in [0.1, 0.15) is 5.76 Å². The molecule has 0 unspecified atom stereocenters. The second-order valence-electron chi connectivity index (χ2n) is 5.04. The first kappa shape index (κ1) is 16.4. The molecule has 2 heterocycles. The van der Waals surface area contributed by atoms with Gasteiger partial charge in [-0.25, -0.2) is 8.78 Å². The topological polar surface area (TPSA) is 84.5 Å². The second-order valence-corrected chi connectivity index (χ2v) is 5.04. The zero-order chi connectivity index (χ0) is 17.8. The van der Waals surface area contributed by atoms with Gasteiger partial charge in [-0.3, -0.25) is 9.59 Å². The van der Waals surface area contributed by atoms with Crippen LogP contribution in [0.25, 0.3) is 11.3 Å². The maximum Gasteiger partial charge on any atom is 0.313 e. The Labute approximate surface area is 140 Å². The summed E-state index contributed by atoms with van der Waals surface area (Å²) in [5.41, 5.74) is 0.448. The smallest absolute Gasteiger partial charge is 0.313 e. The van der Waals surface area contributed by atoms with Gasteiger partial charge >= 0.3 is 11.8 Å². The summed E-state index contributed by atoms with van der Waals surface area (Å²) in [4.78, 5) is 23.5. The lowest BCUT2D eigenvalue weighted by atomic mass is 10.3. The zero-order valence-electron chi connectivity index (χ0n) is 12.7. The highest BCUT2D eigenvalue weighted by molar-refractivity contribution is 6.39. The number of benzene rings is 1. The van der Waals surface area contributed by atoms with Crippen molar-refractivity contribution in [3.63, 3.8) is 0 Å². The highest BCUT2D eigenvalue weighted by atomic mass is 19.1. The van der Waals surface area contributed by atoms with Crippen LogP contribution in [0.3, 0.4) is 0 Å². The quantitative estimate of drug-likeness (QED) is 0.711. The number of amides is 2. The van der Waals surface area contributed by atoms with E-state index in [2.05, 4.69) is 10.6 Å². The minimum absolute atomic E-state index is 0.0317. The molecular formula is C17H12F2N2O4. The summed E-state index contributed by atoms with van der Waals surface area (Å²) in [5, 5.41) is 4.41. The molecular weight excluding hydrogens is 334 g/mol. The molecule has 2 aromatic heterocycles. The Morgan fingerprint density at radius 3 is 2.60 bits per heavy atom. The third kappa shape index (κ3) is 3.92. The molecule has 0 aliphatic heterocycles. The van der Waals surface area contributed by atoms with Crippen LogP contribution in [0.15, 0.2) is 57.8 Å². The van der Waals surface area contributed by atoms with Gasteiger partial charge in [0.05, 0.1) is 24.1 Å². The van der Waals surface area contributed by atoms with Crippen LogP contribution < -0.4 is 10.6 Å². The fourth-order valence-corrected chi connectivity index (χ4v) is 2.05.